The summed E-state index contributed by atoms with van der Waals surface area (Å²) in [6.07, 6.45) is 1.83. The van der Waals surface area contributed by atoms with E-state index in [9.17, 15) is 9.59 Å². The van der Waals surface area contributed by atoms with Crippen molar-refractivity contribution in [1.82, 2.24) is 0 Å². The first-order chi connectivity index (χ1) is 13.1. The number of carbonyl (C=O) groups is 2. The maximum atomic E-state index is 13.0. The molecule has 5 heteroatoms. The molecule has 0 saturated carbocycles. The first-order valence-corrected chi connectivity index (χ1v) is 9.47. The lowest BCUT2D eigenvalue weighted by Crippen LogP contribution is -2.29. The third-order valence-electron chi connectivity index (χ3n) is 5.00. The number of methoxy groups -OCH3 is 1. The van der Waals surface area contributed by atoms with Gasteiger partial charge in [-0.15, -0.1) is 0 Å². The molecule has 0 radical (unpaired) electrons. The number of hydrogen-bond acceptors (Lipinski definition) is 4. The van der Waals surface area contributed by atoms with Crippen LogP contribution in [0.25, 0.3) is 0 Å². The summed E-state index contributed by atoms with van der Waals surface area (Å²) >= 11 is 0. The smallest absolute Gasteiger partial charge is 0.337 e. The van der Waals surface area contributed by atoms with Gasteiger partial charge < -0.3 is 14.5 Å². The molecule has 3 rings (SSSR count). The van der Waals surface area contributed by atoms with Crippen LogP contribution < -0.4 is 9.80 Å². The van der Waals surface area contributed by atoms with Crippen LogP contribution in [0.2, 0.25) is 0 Å². The molecule has 0 aromatic heterocycles. The number of rotatable bonds is 6. The summed E-state index contributed by atoms with van der Waals surface area (Å²) in [7, 11) is 1.37. The lowest BCUT2D eigenvalue weighted by Gasteiger charge is -2.23. The third-order valence-corrected chi connectivity index (χ3v) is 5.00. The van der Waals surface area contributed by atoms with E-state index in [1.807, 2.05) is 36.4 Å². The molecule has 2 aromatic carbocycles. The van der Waals surface area contributed by atoms with E-state index in [1.165, 1.54) is 7.11 Å². The average molecular weight is 366 g/mol. The molecule has 27 heavy (non-hydrogen) atoms. The molecule has 142 valence electrons. The Kier molecular flexibility index (Phi) is 5.79. The van der Waals surface area contributed by atoms with Gasteiger partial charge in [-0.3, -0.25) is 4.79 Å². The number of esters is 1. The lowest BCUT2D eigenvalue weighted by atomic mass is 10.1. The SMILES string of the molecule is CCCN(CC)c1ccc(C(=O)N2CCc3cc(C(=O)OC)ccc32)cc1. The molecule has 0 spiro atoms. The van der Waals surface area contributed by atoms with Gasteiger partial charge in [0.2, 0.25) is 0 Å². The summed E-state index contributed by atoms with van der Waals surface area (Å²) in [4.78, 5) is 28.8. The van der Waals surface area contributed by atoms with Crippen LogP contribution in [0.4, 0.5) is 11.4 Å². The number of anilines is 2. The highest BCUT2D eigenvalue weighted by atomic mass is 16.5. The van der Waals surface area contributed by atoms with Gasteiger partial charge in [-0.05, 0) is 67.8 Å². The van der Waals surface area contributed by atoms with Crippen LogP contribution in [0.5, 0.6) is 0 Å². The molecular formula is C22H26N2O3. The quantitative estimate of drug-likeness (QED) is 0.727. The van der Waals surface area contributed by atoms with Crippen molar-refractivity contribution in [3.63, 3.8) is 0 Å². The van der Waals surface area contributed by atoms with Gasteiger partial charge in [0.1, 0.15) is 0 Å². The second kappa shape index (κ2) is 8.25. The number of benzene rings is 2. The van der Waals surface area contributed by atoms with Crippen molar-refractivity contribution in [3.8, 4) is 0 Å². The summed E-state index contributed by atoms with van der Waals surface area (Å²) in [6.45, 7) is 6.88. The second-order valence-corrected chi connectivity index (χ2v) is 6.67. The van der Waals surface area contributed by atoms with Gasteiger partial charge in [-0.25, -0.2) is 4.79 Å². The number of nitrogens with zero attached hydrogens (tertiary/aromatic N) is 2. The van der Waals surface area contributed by atoms with Crippen molar-refractivity contribution < 1.29 is 14.3 Å². The number of amides is 1. The first-order valence-electron chi connectivity index (χ1n) is 9.47. The summed E-state index contributed by atoms with van der Waals surface area (Å²) in [6, 6.07) is 13.2. The molecule has 1 amide bonds. The fourth-order valence-electron chi connectivity index (χ4n) is 3.57. The van der Waals surface area contributed by atoms with Crippen LogP contribution >= 0.6 is 0 Å². The second-order valence-electron chi connectivity index (χ2n) is 6.67. The third kappa shape index (κ3) is 3.82. The monoisotopic (exact) mass is 366 g/mol. The van der Waals surface area contributed by atoms with E-state index in [2.05, 4.69) is 18.7 Å². The Bertz CT molecular complexity index is 830. The molecule has 2 aromatic rings. The highest BCUT2D eigenvalue weighted by Crippen LogP contribution is 2.30. The minimum Gasteiger partial charge on any atom is -0.465 e. The highest BCUT2D eigenvalue weighted by molar-refractivity contribution is 6.07. The fourth-order valence-corrected chi connectivity index (χ4v) is 3.57. The van der Waals surface area contributed by atoms with Gasteiger partial charge in [0.05, 0.1) is 12.7 Å². The van der Waals surface area contributed by atoms with Gasteiger partial charge >= 0.3 is 5.97 Å². The van der Waals surface area contributed by atoms with Crippen molar-refractivity contribution in [2.24, 2.45) is 0 Å². The van der Waals surface area contributed by atoms with Crippen molar-refractivity contribution in [1.29, 1.82) is 0 Å². The molecule has 0 saturated heterocycles. The predicted octanol–water partition coefficient (Wildman–Crippen LogP) is 3.91. The minimum absolute atomic E-state index is 0.00958. The Morgan fingerprint density at radius 3 is 2.41 bits per heavy atom. The Hall–Kier alpha value is -2.82. The number of hydrogen-bond donors (Lipinski definition) is 0. The molecular weight excluding hydrogens is 340 g/mol. The largest absolute Gasteiger partial charge is 0.465 e. The molecule has 0 unspecified atom stereocenters. The van der Waals surface area contributed by atoms with Gasteiger partial charge in [0.15, 0.2) is 0 Å². The topological polar surface area (TPSA) is 49.9 Å². The molecule has 1 heterocycles. The maximum absolute atomic E-state index is 13.0. The van der Waals surface area contributed by atoms with Crippen molar-refractivity contribution in [2.75, 3.05) is 36.5 Å². The molecule has 0 fully saturated rings. The van der Waals surface area contributed by atoms with Crippen LogP contribution in [-0.4, -0.2) is 38.6 Å². The van der Waals surface area contributed by atoms with Gasteiger partial charge in [0, 0.05) is 36.6 Å². The number of ether oxygens (including phenoxy) is 1. The van der Waals surface area contributed by atoms with Gasteiger partial charge in [-0.1, -0.05) is 6.92 Å². The van der Waals surface area contributed by atoms with Crippen LogP contribution in [0.1, 0.15) is 46.5 Å². The maximum Gasteiger partial charge on any atom is 0.337 e. The Morgan fingerprint density at radius 1 is 1.07 bits per heavy atom. The molecule has 0 bridgehead atoms. The summed E-state index contributed by atoms with van der Waals surface area (Å²) in [5, 5.41) is 0. The zero-order valence-electron chi connectivity index (χ0n) is 16.2. The lowest BCUT2D eigenvalue weighted by molar-refractivity contribution is 0.0600. The van der Waals surface area contributed by atoms with E-state index < -0.39 is 0 Å². The van der Waals surface area contributed by atoms with Crippen molar-refractivity contribution >= 4 is 23.3 Å². The zero-order valence-corrected chi connectivity index (χ0v) is 16.2. The van der Waals surface area contributed by atoms with E-state index in [0.29, 0.717) is 17.7 Å². The Labute approximate surface area is 160 Å². The van der Waals surface area contributed by atoms with E-state index in [-0.39, 0.29) is 11.9 Å². The first kappa shape index (κ1) is 19.0. The fraction of sp³-hybridized carbons (Fsp3) is 0.364. The Morgan fingerprint density at radius 2 is 1.78 bits per heavy atom. The van der Waals surface area contributed by atoms with Gasteiger partial charge in [-0.2, -0.15) is 0 Å². The number of carbonyl (C=O) groups excluding carboxylic acids is 2. The Balaban J connectivity index is 1.79. The van der Waals surface area contributed by atoms with Crippen molar-refractivity contribution in [3.05, 3.63) is 59.2 Å². The molecule has 1 aliphatic rings. The molecule has 0 N–H and O–H groups in total. The summed E-state index contributed by atoms with van der Waals surface area (Å²) in [5.74, 6) is -0.365. The van der Waals surface area contributed by atoms with E-state index in [0.717, 1.165) is 42.9 Å². The zero-order chi connectivity index (χ0) is 19.4. The van der Waals surface area contributed by atoms with E-state index >= 15 is 0 Å². The van der Waals surface area contributed by atoms with Crippen LogP contribution in [0.3, 0.4) is 0 Å². The number of fused-ring (bicyclic) bond motifs is 1. The average Bonchev–Trinajstić information content (AvgIpc) is 3.14. The van der Waals surface area contributed by atoms with Gasteiger partial charge in [0.25, 0.3) is 5.91 Å². The van der Waals surface area contributed by atoms with E-state index in [1.54, 1.807) is 11.0 Å². The molecule has 5 nitrogen and oxygen atoms in total. The van der Waals surface area contributed by atoms with E-state index in [4.69, 9.17) is 4.74 Å². The molecule has 0 aliphatic carbocycles. The minimum atomic E-state index is -0.356. The van der Waals surface area contributed by atoms with Crippen LogP contribution in [-0.2, 0) is 11.2 Å². The summed E-state index contributed by atoms with van der Waals surface area (Å²) < 4.78 is 4.77. The van der Waals surface area contributed by atoms with Crippen LogP contribution in [0, 0.1) is 0 Å². The van der Waals surface area contributed by atoms with Crippen molar-refractivity contribution in [2.45, 2.75) is 26.7 Å². The molecule has 1 aliphatic heterocycles. The standard InChI is InChI=1S/C22H26N2O3/c1-4-13-23(5-2)19-9-6-16(7-10-19)21(25)24-14-12-17-15-18(22(26)27-3)8-11-20(17)24/h6-11,15H,4-5,12-14H2,1-3H3. The normalized spacial score (nSPS) is 12.6. The summed E-state index contributed by atoms with van der Waals surface area (Å²) in [5.41, 5.74) is 4.21. The molecule has 0 atom stereocenters. The predicted molar refractivity (Wildman–Crippen MR) is 108 cm³/mol. The highest BCUT2D eigenvalue weighted by Gasteiger charge is 2.26. The van der Waals surface area contributed by atoms with Crippen LogP contribution in [0.15, 0.2) is 42.5 Å².